The number of carbonyl (C=O) groups is 1. The predicted octanol–water partition coefficient (Wildman–Crippen LogP) is 3.19. The summed E-state index contributed by atoms with van der Waals surface area (Å²) in [6, 6.07) is 12.0. The summed E-state index contributed by atoms with van der Waals surface area (Å²) in [5.74, 6) is -0.218. The SMILES string of the molecule is CCCC(C#N)CC(=O)NC(C)c1ccccc1. The highest BCUT2D eigenvalue weighted by molar-refractivity contribution is 5.77. The third-order valence-corrected chi connectivity index (χ3v) is 2.93. The molecule has 0 saturated heterocycles. The van der Waals surface area contributed by atoms with Crippen LogP contribution in [0.2, 0.25) is 0 Å². The molecule has 1 aromatic carbocycles. The molecule has 0 aromatic heterocycles. The Labute approximate surface area is 109 Å². The molecule has 1 aromatic rings. The van der Waals surface area contributed by atoms with E-state index in [9.17, 15) is 4.79 Å². The summed E-state index contributed by atoms with van der Waals surface area (Å²) in [7, 11) is 0. The fourth-order valence-electron chi connectivity index (χ4n) is 1.91. The number of benzene rings is 1. The van der Waals surface area contributed by atoms with Crippen LogP contribution < -0.4 is 5.32 Å². The Morgan fingerprint density at radius 2 is 2.06 bits per heavy atom. The van der Waals surface area contributed by atoms with Crippen molar-refractivity contribution in [3.05, 3.63) is 35.9 Å². The third-order valence-electron chi connectivity index (χ3n) is 2.93. The second kappa shape index (κ2) is 7.50. The molecule has 3 heteroatoms. The van der Waals surface area contributed by atoms with Crippen molar-refractivity contribution in [3.63, 3.8) is 0 Å². The van der Waals surface area contributed by atoms with E-state index in [1.165, 1.54) is 0 Å². The molecule has 0 aliphatic heterocycles. The second-order valence-electron chi connectivity index (χ2n) is 4.52. The summed E-state index contributed by atoms with van der Waals surface area (Å²) in [5.41, 5.74) is 1.08. The van der Waals surface area contributed by atoms with Gasteiger partial charge in [0.15, 0.2) is 0 Å². The van der Waals surface area contributed by atoms with Crippen LogP contribution in [-0.4, -0.2) is 5.91 Å². The van der Waals surface area contributed by atoms with Gasteiger partial charge in [0.05, 0.1) is 18.0 Å². The molecule has 1 N–H and O–H groups in total. The highest BCUT2D eigenvalue weighted by Gasteiger charge is 2.14. The van der Waals surface area contributed by atoms with Crippen LogP contribution in [0, 0.1) is 17.2 Å². The molecular weight excluding hydrogens is 224 g/mol. The summed E-state index contributed by atoms with van der Waals surface area (Å²) in [4.78, 5) is 11.8. The quantitative estimate of drug-likeness (QED) is 0.835. The van der Waals surface area contributed by atoms with E-state index < -0.39 is 0 Å². The number of hydrogen-bond acceptors (Lipinski definition) is 2. The summed E-state index contributed by atoms with van der Waals surface area (Å²) < 4.78 is 0. The van der Waals surface area contributed by atoms with Crippen LogP contribution in [0.5, 0.6) is 0 Å². The monoisotopic (exact) mass is 244 g/mol. The van der Waals surface area contributed by atoms with E-state index in [1.807, 2.05) is 44.2 Å². The largest absolute Gasteiger partial charge is 0.350 e. The zero-order valence-corrected chi connectivity index (χ0v) is 11.0. The van der Waals surface area contributed by atoms with Gasteiger partial charge < -0.3 is 5.32 Å². The highest BCUT2D eigenvalue weighted by atomic mass is 16.1. The Morgan fingerprint density at radius 1 is 1.39 bits per heavy atom. The fourth-order valence-corrected chi connectivity index (χ4v) is 1.91. The van der Waals surface area contributed by atoms with Crippen molar-refractivity contribution in [2.45, 2.75) is 39.2 Å². The molecule has 18 heavy (non-hydrogen) atoms. The van der Waals surface area contributed by atoms with Crippen LogP contribution in [0.1, 0.15) is 44.7 Å². The number of nitrogens with one attached hydrogen (secondary N) is 1. The lowest BCUT2D eigenvalue weighted by Crippen LogP contribution is -2.28. The minimum absolute atomic E-state index is 0.0142. The zero-order chi connectivity index (χ0) is 13.4. The van der Waals surface area contributed by atoms with Gasteiger partial charge in [0.25, 0.3) is 0 Å². The number of nitrogens with zero attached hydrogens (tertiary/aromatic N) is 1. The predicted molar refractivity (Wildman–Crippen MR) is 71.6 cm³/mol. The minimum Gasteiger partial charge on any atom is -0.350 e. The second-order valence-corrected chi connectivity index (χ2v) is 4.52. The first-order valence-electron chi connectivity index (χ1n) is 6.41. The molecule has 1 rings (SSSR count). The number of amides is 1. The van der Waals surface area contributed by atoms with E-state index in [4.69, 9.17) is 5.26 Å². The van der Waals surface area contributed by atoms with Crippen LogP contribution in [-0.2, 0) is 4.79 Å². The topological polar surface area (TPSA) is 52.9 Å². The molecule has 1 amide bonds. The van der Waals surface area contributed by atoms with E-state index >= 15 is 0 Å². The van der Waals surface area contributed by atoms with Crippen LogP contribution in [0.3, 0.4) is 0 Å². The zero-order valence-electron chi connectivity index (χ0n) is 11.0. The van der Waals surface area contributed by atoms with Crippen molar-refractivity contribution in [2.75, 3.05) is 0 Å². The standard InChI is InChI=1S/C15H20N2O/c1-3-7-13(11-16)10-15(18)17-12(2)14-8-5-4-6-9-14/h4-6,8-9,12-13H,3,7,10H2,1-2H3,(H,17,18). The molecule has 0 spiro atoms. The number of carbonyl (C=O) groups excluding carboxylic acids is 1. The maximum absolute atomic E-state index is 11.8. The Hall–Kier alpha value is -1.82. The molecule has 0 aliphatic carbocycles. The number of nitriles is 1. The molecule has 0 saturated carbocycles. The van der Waals surface area contributed by atoms with Crippen LogP contribution in [0.4, 0.5) is 0 Å². The molecule has 0 radical (unpaired) electrons. The Bertz CT molecular complexity index is 408. The van der Waals surface area contributed by atoms with Gasteiger partial charge in [-0.05, 0) is 18.9 Å². The number of rotatable bonds is 6. The van der Waals surface area contributed by atoms with Gasteiger partial charge >= 0.3 is 0 Å². The van der Waals surface area contributed by atoms with E-state index in [2.05, 4.69) is 11.4 Å². The molecular formula is C15H20N2O. The molecule has 3 nitrogen and oxygen atoms in total. The normalized spacial score (nSPS) is 13.4. The van der Waals surface area contributed by atoms with Crippen molar-refractivity contribution < 1.29 is 4.79 Å². The van der Waals surface area contributed by atoms with Crippen LogP contribution >= 0.6 is 0 Å². The molecule has 96 valence electrons. The lowest BCUT2D eigenvalue weighted by Gasteiger charge is -2.15. The highest BCUT2D eigenvalue weighted by Crippen LogP contribution is 2.14. The third kappa shape index (κ3) is 4.58. The van der Waals surface area contributed by atoms with Gasteiger partial charge in [-0.15, -0.1) is 0 Å². The van der Waals surface area contributed by atoms with Gasteiger partial charge in [0.2, 0.25) is 5.91 Å². The molecule has 0 fully saturated rings. The van der Waals surface area contributed by atoms with Crippen molar-refractivity contribution in [2.24, 2.45) is 5.92 Å². The van der Waals surface area contributed by atoms with Crippen LogP contribution in [0.25, 0.3) is 0 Å². The minimum atomic E-state index is -0.169. The summed E-state index contributed by atoms with van der Waals surface area (Å²) in [5, 5.41) is 11.9. The number of hydrogen-bond donors (Lipinski definition) is 1. The van der Waals surface area contributed by atoms with Crippen molar-refractivity contribution in [1.82, 2.24) is 5.32 Å². The van der Waals surface area contributed by atoms with Gasteiger partial charge in [-0.3, -0.25) is 4.79 Å². The molecule has 0 aliphatic rings. The van der Waals surface area contributed by atoms with E-state index in [0.29, 0.717) is 6.42 Å². The summed E-state index contributed by atoms with van der Waals surface area (Å²) in [6.45, 7) is 3.98. The lowest BCUT2D eigenvalue weighted by atomic mass is 10.0. The van der Waals surface area contributed by atoms with Crippen molar-refractivity contribution >= 4 is 5.91 Å². The molecule has 0 bridgehead atoms. The molecule has 2 unspecified atom stereocenters. The van der Waals surface area contributed by atoms with E-state index in [-0.39, 0.29) is 17.9 Å². The summed E-state index contributed by atoms with van der Waals surface area (Å²) >= 11 is 0. The average molecular weight is 244 g/mol. The van der Waals surface area contributed by atoms with Gasteiger partial charge in [0.1, 0.15) is 0 Å². The maximum Gasteiger partial charge on any atom is 0.221 e. The van der Waals surface area contributed by atoms with Gasteiger partial charge in [-0.1, -0.05) is 43.7 Å². The van der Waals surface area contributed by atoms with Crippen molar-refractivity contribution in [3.8, 4) is 6.07 Å². The Morgan fingerprint density at radius 3 is 2.61 bits per heavy atom. The first-order valence-corrected chi connectivity index (χ1v) is 6.41. The van der Waals surface area contributed by atoms with Gasteiger partial charge in [0, 0.05) is 6.42 Å². The first-order chi connectivity index (χ1) is 8.67. The van der Waals surface area contributed by atoms with E-state index in [0.717, 1.165) is 18.4 Å². The Kier molecular flexibility index (Phi) is 5.93. The van der Waals surface area contributed by atoms with Gasteiger partial charge in [-0.2, -0.15) is 5.26 Å². The van der Waals surface area contributed by atoms with E-state index in [1.54, 1.807) is 0 Å². The van der Waals surface area contributed by atoms with Gasteiger partial charge in [-0.25, -0.2) is 0 Å². The Balaban J connectivity index is 2.48. The molecule has 0 heterocycles. The average Bonchev–Trinajstić information content (AvgIpc) is 2.39. The van der Waals surface area contributed by atoms with Crippen LogP contribution in [0.15, 0.2) is 30.3 Å². The summed E-state index contributed by atoms with van der Waals surface area (Å²) in [6.07, 6.45) is 2.00. The maximum atomic E-state index is 11.8. The lowest BCUT2D eigenvalue weighted by molar-refractivity contribution is -0.122. The van der Waals surface area contributed by atoms with Crippen molar-refractivity contribution in [1.29, 1.82) is 5.26 Å². The first kappa shape index (κ1) is 14.2. The smallest absolute Gasteiger partial charge is 0.221 e. The molecule has 2 atom stereocenters. The fraction of sp³-hybridized carbons (Fsp3) is 0.467.